The summed E-state index contributed by atoms with van der Waals surface area (Å²) < 4.78 is 0.984. The number of Topliss-reactive ketones (excluding diaryl/α,β-unsaturated/α-hetero) is 1. The number of ketones is 1. The summed E-state index contributed by atoms with van der Waals surface area (Å²) >= 11 is 3.37. The van der Waals surface area contributed by atoms with Gasteiger partial charge in [0.05, 0.1) is 6.42 Å². The Morgan fingerprint density at radius 1 is 1.38 bits per heavy atom. The summed E-state index contributed by atoms with van der Waals surface area (Å²) in [7, 11) is 1.70. The fourth-order valence-electron chi connectivity index (χ4n) is 1.35. The summed E-state index contributed by atoms with van der Waals surface area (Å²) in [5, 5.41) is 0. The summed E-state index contributed by atoms with van der Waals surface area (Å²) in [5.74, 6) is -0.251. The molecule has 4 heteroatoms. The van der Waals surface area contributed by atoms with Crippen LogP contribution in [0.15, 0.2) is 28.7 Å². The SMILES string of the molecule is CC(=O)CC(=O)N(C)Cc1cccc(Br)c1. The molecular formula is C12H14BrNO2. The van der Waals surface area contributed by atoms with E-state index in [0.29, 0.717) is 6.54 Å². The van der Waals surface area contributed by atoms with Gasteiger partial charge in [-0.2, -0.15) is 0 Å². The van der Waals surface area contributed by atoms with Gasteiger partial charge >= 0.3 is 0 Å². The largest absolute Gasteiger partial charge is 0.341 e. The normalized spacial score (nSPS) is 9.94. The molecule has 0 atom stereocenters. The Morgan fingerprint density at radius 3 is 2.62 bits per heavy atom. The third-order valence-electron chi connectivity index (χ3n) is 2.13. The van der Waals surface area contributed by atoms with Crippen molar-refractivity contribution in [2.45, 2.75) is 19.9 Å². The summed E-state index contributed by atoms with van der Waals surface area (Å²) in [6.07, 6.45) is -0.0233. The first-order chi connectivity index (χ1) is 7.49. The van der Waals surface area contributed by atoms with Gasteiger partial charge in [0.1, 0.15) is 5.78 Å². The minimum atomic E-state index is -0.146. The fourth-order valence-corrected chi connectivity index (χ4v) is 1.79. The maximum Gasteiger partial charge on any atom is 0.230 e. The zero-order chi connectivity index (χ0) is 12.1. The minimum Gasteiger partial charge on any atom is -0.341 e. The van der Waals surface area contributed by atoms with Gasteiger partial charge < -0.3 is 4.90 Å². The van der Waals surface area contributed by atoms with Crippen LogP contribution >= 0.6 is 15.9 Å². The highest BCUT2D eigenvalue weighted by molar-refractivity contribution is 9.10. The van der Waals surface area contributed by atoms with Crippen LogP contribution in [0.3, 0.4) is 0 Å². The van der Waals surface area contributed by atoms with Crippen LogP contribution in [0.1, 0.15) is 18.9 Å². The highest BCUT2D eigenvalue weighted by atomic mass is 79.9. The monoisotopic (exact) mass is 283 g/mol. The Bertz CT molecular complexity index is 404. The molecule has 0 aromatic heterocycles. The molecule has 0 bridgehead atoms. The second-order valence-corrected chi connectivity index (χ2v) is 4.67. The van der Waals surface area contributed by atoms with Crippen molar-refractivity contribution < 1.29 is 9.59 Å². The molecule has 0 heterocycles. The van der Waals surface area contributed by atoms with Gasteiger partial charge in [-0.15, -0.1) is 0 Å². The van der Waals surface area contributed by atoms with Crippen LogP contribution in [-0.4, -0.2) is 23.6 Å². The van der Waals surface area contributed by atoms with Crippen molar-refractivity contribution in [2.75, 3.05) is 7.05 Å². The maximum atomic E-state index is 11.5. The van der Waals surface area contributed by atoms with E-state index in [2.05, 4.69) is 15.9 Å². The Kier molecular flexibility index (Phi) is 4.68. The third-order valence-corrected chi connectivity index (χ3v) is 2.63. The number of carbonyl (C=O) groups is 2. The van der Waals surface area contributed by atoms with E-state index in [-0.39, 0.29) is 18.1 Å². The fraction of sp³-hybridized carbons (Fsp3) is 0.333. The topological polar surface area (TPSA) is 37.4 Å². The second-order valence-electron chi connectivity index (χ2n) is 3.76. The number of nitrogens with zero attached hydrogens (tertiary/aromatic N) is 1. The van der Waals surface area contributed by atoms with Crippen LogP contribution < -0.4 is 0 Å². The predicted molar refractivity (Wildman–Crippen MR) is 65.9 cm³/mol. The first-order valence-corrected chi connectivity index (χ1v) is 5.76. The van der Waals surface area contributed by atoms with E-state index in [1.54, 1.807) is 11.9 Å². The number of rotatable bonds is 4. The lowest BCUT2D eigenvalue weighted by Crippen LogP contribution is -2.27. The molecule has 1 aromatic carbocycles. The van der Waals surface area contributed by atoms with Crippen molar-refractivity contribution in [2.24, 2.45) is 0 Å². The number of halogens is 1. The molecule has 0 unspecified atom stereocenters. The Hall–Kier alpha value is -1.16. The van der Waals surface area contributed by atoms with E-state index >= 15 is 0 Å². The lowest BCUT2D eigenvalue weighted by Gasteiger charge is -2.16. The van der Waals surface area contributed by atoms with Gasteiger partial charge in [0.15, 0.2) is 0 Å². The number of carbonyl (C=O) groups excluding carboxylic acids is 2. The average molecular weight is 284 g/mol. The summed E-state index contributed by atoms with van der Waals surface area (Å²) in [6.45, 7) is 1.94. The molecule has 16 heavy (non-hydrogen) atoms. The molecule has 0 aliphatic carbocycles. The van der Waals surface area contributed by atoms with E-state index in [4.69, 9.17) is 0 Å². The summed E-state index contributed by atoms with van der Waals surface area (Å²) in [4.78, 5) is 23.9. The van der Waals surface area contributed by atoms with Crippen LogP contribution in [0.2, 0.25) is 0 Å². The molecule has 3 nitrogen and oxygen atoms in total. The zero-order valence-corrected chi connectivity index (χ0v) is 11.0. The number of amides is 1. The molecule has 0 fully saturated rings. The molecular weight excluding hydrogens is 270 g/mol. The molecule has 0 radical (unpaired) electrons. The maximum absolute atomic E-state index is 11.5. The van der Waals surface area contributed by atoms with Crippen LogP contribution in [0.4, 0.5) is 0 Å². The van der Waals surface area contributed by atoms with Gasteiger partial charge in [-0.3, -0.25) is 9.59 Å². The Morgan fingerprint density at radius 2 is 2.06 bits per heavy atom. The molecule has 1 rings (SSSR count). The molecule has 0 aliphatic rings. The van der Waals surface area contributed by atoms with Crippen LogP contribution in [-0.2, 0) is 16.1 Å². The molecule has 1 amide bonds. The molecule has 0 spiro atoms. The molecule has 0 N–H and O–H groups in total. The molecule has 0 saturated heterocycles. The first-order valence-electron chi connectivity index (χ1n) is 4.97. The molecule has 86 valence electrons. The van der Waals surface area contributed by atoms with E-state index < -0.39 is 0 Å². The van der Waals surface area contributed by atoms with Crippen LogP contribution in [0.5, 0.6) is 0 Å². The van der Waals surface area contributed by atoms with Gasteiger partial charge in [0.25, 0.3) is 0 Å². The molecule has 1 aromatic rings. The van der Waals surface area contributed by atoms with Gasteiger partial charge in [-0.1, -0.05) is 28.1 Å². The molecule has 0 saturated carbocycles. The average Bonchev–Trinajstić information content (AvgIpc) is 2.16. The van der Waals surface area contributed by atoms with E-state index in [9.17, 15) is 9.59 Å². The summed E-state index contributed by atoms with van der Waals surface area (Å²) in [6, 6.07) is 7.75. The zero-order valence-electron chi connectivity index (χ0n) is 9.37. The lowest BCUT2D eigenvalue weighted by atomic mass is 10.2. The first kappa shape index (κ1) is 12.9. The minimum absolute atomic E-state index is 0.0233. The smallest absolute Gasteiger partial charge is 0.230 e. The van der Waals surface area contributed by atoms with Crippen molar-refractivity contribution in [3.05, 3.63) is 34.3 Å². The standard InChI is InChI=1S/C12H14BrNO2/c1-9(15)6-12(16)14(2)8-10-4-3-5-11(13)7-10/h3-5,7H,6,8H2,1-2H3. The van der Waals surface area contributed by atoms with E-state index in [1.165, 1.54) is 6.92 Å². The second kappa shape index (κ2) is 5.80. The highest BCUT2D eigenvalue weighted by Gasteiger charge is 2.11. The van der Waals surface area contributed by atoms with E-state index in [1.807, 2.05) is 24.3 Å². The van der Waals surface area contributed by atoms with Gasteiger partial charge in [0.2, 0.25) is 5.91 Å². The lowest BCUT2D eigenvalue weighted by molar-refractivity contribution is -0.134. The van der Waals surface area contributed by atoms with Gasteiger partial charge in [-0.05, 0) is 24.6 Å². The van der Waals surface area contributed by atoms with Crippen molar-refractivity contribution in [3.63, 3.8) is 0 Å². The van der Waals surface area contributed by atoms with Crippen molar-refractivity contribution in [1.82, 2.24) is 4.90 Å². The Labute approximate surface area is 104 Å². The van der Waals surface area contributed by atoms with Gasteiger partial charge in [-0.25, -0.2) is 0 Å². The number of hydrogen-bond acceptors (Lipinski definition) is 2. The van der Waals surface area contributed by atoms with Crippen molar-refractivity contribution >= 4 is 27.6 Å². The third kappa shape index (κ3) is 4.14. The van der Waals surface area contributed by atoms with Crippen molar-refractivity contribution in [3.8, 4) is 0 Å². The Balaban J connectivity index is 2.60. The van der Waals surface area contributed by atoms with Crippen molar-refractivity contribution in [1.29, 1.82) is 0 Å². The van der Waals surface area contributed by atoms with Crippen LogP contribution in [0, 0.1) is 0 Å². The number of benzene rings is 1. The molecule has 0 aliphatic heterocycles. The van der Waals surface area contributed by atoms with Crippen LogP contribution in [0.25, 0.3) is 0 Å². The quantitative estimate of drug-likeness (QED) is 0.796. The number of hydrogen-bond donors (Lipinski definition) is 0. The van der Waals surface area contributed by atoms with E-state index in [0.717, 1.165) is 10.0 Å². The highest BCUT2D eigenvalue weighted by Crippen LogP contribution is 2.13. The predicted octanol–water partition coefficient (Wildman–Crippen LogP) is 2.39. The summed E-state index contributed by atoms with van der Waals surface area (Å²) in [5.41, 5.74) is 1.04. The van der Waals surface area contributed by atoms with Gasteiger partial charge in [0, 0.05) is 18.1 Å².